The zero-order valence-electron chi connectivity index (χ0n) is 10.0. The van der Waals surface area contributed by atoms with Gasteiger partial charge in [0.25, 0.3) is 10.2 Å². The standard InChI is InChI=1S/C10H22N2O3S/c1-9(2)7-11-16(14,15)12-6-4-3-5-10(12)8-13/h9-11,13H,3-8H2,1-2H3. The molecule has 0 saturated carbocycles. The molecule has 1 aliphatic rings. The second kappa shape index (κ2) is 5.95. The highest BCUT2D eigenvalue weighted by molar-refractivity contribution is 7.87. The van der Waals surface area contributed by atoms with Gasteiger partial charge in [0.15, 0.2) is 0 Å². The smallest absolute Gasteiger partial charge is 0.279 e. The van der Waals surface area contributed by atoms with Crippen molar-refractivity contribution in [2.24, 2.45) is 5.92 Å². The molecule has 1 saturated heterocycles. The number of hydrogen-bond donors (Lipinski definition) is 2. The number of nitrogens with zero attached hydrogens (tertiary/aromatic N) is 1. The monoisotopic (exact) mass is 250 g/mol. The normalized spacial score (nSPS) is 23.9. The molecular formula is C10H22N2O3S. The molecule has 5 nitrogen and oxygen atoms in total. The van der Waals surface area contributed by atoms with Crippen molar-refractivity contribution in [2.45, 2.75) is 39.2 Å². The van der Waals surface area contributed by atoms with Crippen molar-refractivity contribution in [3.63, 3.8) is 0 Å². The third-order valence-electron chi connectivity index (χ3n) is 2.77. The van der Waals surface area contributed by atoms with Crippen LogP contribution in [0.5, 0.6) is 0 Å². The van der Waals surface area contributed by atoms with Crippen LogP contribution in [0.25, 0.3) is 0 Å². The summed E-state index contributed by atoms with van der Waals surface area (Å²) in [7, 11) is -3.42. The first-order chi connectivity index (χ1) is 7.47. The largest absolute Gasteiger partial charge is 0.395 e. The van der Waals surface area contributed by atoms with Crippen LogP contribution in [0.2, 0.25) is 0 Å². The second-order valence-electron chi connectivity index (χ2n) is 4.69. The summed E-state index contributed by atoms with van der Waals surface area (Å²) >= 11 is 0. The molecule has 96 valence electrons. The molecule has 0 amide bonds. The molecule has 2 N–H and O–H groups in total. The van der Waals surface area contributed by atoms with Crippen LogP contribution in [0.15, 0.2) is 0 Å². The van der Waals surface area contributed by atoms with Gasteiger partial charge in [-0.15, -0.1) is 0 Å². The third-order valence-corrected chi connectivity index (χ3v) is 4.40. The minimum atomic E-state index is -3.42. The first-order valence-electron chi connectivity index (χ1n) is 5.84. The van der Waals surface area contributed by atoms with Gasteiger partial charge in [-0.1, -0.05) is 20.3 Å². The first kappa shape index (κ1) is 13.9. The van der Waals surface area contributed by atoms with Crippen LogP contribution in [0.3, 0.4) is 0 Å². The van der Waals surface area contributed by atoms with E-state index in [1.54, 1.807) is 0 Å². The Morgan fingerprint density at radius 1 is 1.44 bits per heavy atom. The average molecular weight is 250 g/mol. The average Bonchev–Trinajstić information content (AvgIpc) is 2.26. The van der Waals surface area contributed by atoms with Crippen molar-refractivity contribution in [1.82, 2.24) is 9.03 Å². The van der Waals surface area contributed by atoms with E-state index < -0.39 is 10.2 Å². The fraction of sp³-hybridized carbons (Fsp3) is 1.00. The maximum Gasteiger partial charge on any atom is 0.279 e. The Bertz CT molecular complexity index is 303. The van der Waals surface area contributed by atoms with Crippen molar-refractivity contribution >= 4 is 10.2 Å². The van der Waals surface area contributed by atoms with Gasteiger partial charge in [-0.05, 0) is 18.8 Å². The molecule has 1 unspecified atom stereocenters. The van der Waals surface area contributed by atoms with E-state index in [1.165, 1.54) is 4.31 Å². The van der Waals surface area contributed by atoms with Gasteiger partial charge in [-0.25, -0.2) is 4.72 Å². The van der Waals surface area contributed by atoms with Crippen LogP contribution >= 0.6 is 0 Å². The van der Waals surface area contributed by atoms with Crippen LogP contribution < -0.4 is 4.72 Å². The fourth-order valence-corrected chi connectivity index (χ4v) is 3.47. The second-order valence-corrected chi connectivity index (χ2v) is 6.40. The predicted octanol–water partition coefficient (Wildman–Crippen LogP) is 0.324. The van der Waals surface area contributed by atoms with Gasteiger partial charge >= 0.3 is 0 Å². The minimum absolute atomic E-state index is 0.0947. The molecule has 0 spiro atoms. The maximum absolute atomic E-state index is 12.0. The Balaban J connectivity index is 2.64. The molecule has 1 aliphatic heterocycles. The molecule has 0 aromatic carbocycles. The van der Waals surface area contributed by atoms with Gasteiger partial charge in [0.05, 0.1) is 6.61 Å². The van der Waals surface area contributed by atoms with E-state index in [0.29, 0.717) is 13.1 Å². The molecule has 6 heteroatoms. The summed E-state index contributed by atoms with van der Waals surface area (Å²) in [6, 6.07) is -0.251. The van der Waals surface area contributed by atoms with Crippen LogP contribution in [0.4, 0.5) is 0 Å². The number of rotatable bonds is 5. The zero-order chi connectivity index (χ0) is 12.2. The number of piperidine rings is 1. The summed E-state index contributed by atoms with van der Waals surface area (Å²) in [4.78, 5) is 0. The molecule has 1 rings (SSSR count). The van der Waals surface area contributed by atoms with Crippen molar-refractivity contribution in [1.29, 1.82) is 0 Å². The lowest BCUT2D eigenvalue weighted by atomic mass is 10.1. The van der Waals surface area contributed by atoms with E-state index in [0.717, 1.165) is 19.3 Å². The van der Waals surface area contributed by atoms with Crippen molar-refractivity contribution in [2.75, 3.05) is 19.7 Å². The van der Waals surface area contributed by atoms with Crippen LogP contribution in [-0.4, -0.2) is 43.6 Å². The highest BCUT2D eigenvalue weighted by Crippen LogP contribution is 2.19. The Morgan fingerprint density at radius 2 is 2.12 bits per heavy atom. The summed E-state index contributed by atoms with van der Waals surface area (Å²) in [5.74, 6) is 0.284. The highest BCUT2D eigenvalue weighted by atomic mass is 32.2. The summed E-state index contributed by atoms with van der Waals surface area (Å²) in [5.41, 5.74) is 0. The quantitative estimate of drug-likeness (QED) is 0.738. The number of aliphatic hydroxyl groups is 1. The lowest BCUT2D eigenvalue weighted by Gasteiger charge is -2.33. The Kier molecular flexibility index (Phi) is 5.17. The molecular weight excluding hydrogens is 228 g/mol. The highest BCUT2D eigenvalue weighted by Gasteiger charge is 2.31. The molecule has 0 aromatic heterocycles. The Labute approximate surface area is 98.0 Å². The van der Waals surface area contributed by atoms with Crippen LogP contribution in [0.1, 0.15) is 33.1 Å². The Hall–Kier alpha value is -0.170. The fourth-order valence-electron chi connectivity index (χ4n) is 1.83. The van der Waals surface area contributed by atoms with Crippen molar-refractivity contribution in [3.05, 3.63) is 0 Å². The van der Waals surface area contributed by atoms with Crippen LogP contribution in [0, 0.1) is 5.92 Å². The summed E-state index contributed by atoms with van der Waals surface area (Å²) in [6.07, 6.45) is 2.61. The van der Waals surface area contributed by atoms with Crippen molar-refractivity contribution in [3.8, 4) is 0 Å². The molecule has 0 bridgehead atoms. The minimum Gasteiger partial charge on any atom is -0.395 e. The first-order valence-corrected chi connectivity index (χ1v) is 7.28. The van der Waals surface area contributed by atoms with E-state index in [-0.39, 0.29) is 18.6 Å². The molecule has 1 fully saturated rings. The number of aliphatic hydroxyl groups excluding tert-OH is 1. The molecule has 0 aromatic rings. The lowest BCUT2D eigenvalue weighted by Crippen LogP contribution is -2.50. The van der Waals surface area contributed by atoms with E-state index in [1.807, 2.05) is 13.8 Å². The van der Waals surface area contributed by atoms with Gasteiger partial charge in [0.1, 0.15) is 0 Å². The summed E-state index contributed by atoms with van der Waals surface area (Å²) in [5, 5.41) is 9.17. The van der Waals surface area contributed by atoms with E-state index in [9.17, 15) is 8.42 Å². The molecule has 0 radical (unpaired) electrons. The molecule has 1 heterocycles. The van der Waals surface area contributed by atoms with Crippen molar-refractivity contribution < 1.29 is 13.5 Å². The lowest BCUT2D eigenvalue weighted by molar-refractivity contribution is 0.154. The van der Waals surface area contributed by atoms with Crippen LogP contribution in [-0.2, 0) is 10.2 Å². The zero-order valence-corrected chi connectivity index (χ0v) is 10.8. The van der Waals surface area contributed by atoms with Gasteiger partial charge < -0.3 is 5.11 Å². The molecule has 1 atom stereocenters. The van der Waals surface area contributed by atoms with E-state index >= 15 is 0 Å². The van der Waals surface area contributed by atoms with Gasteiger partial charge in [0.2, 0.25) is 0 Å². The SMILES string of the molecule is CC(C)CNS(=O)(=O)N1CCCCC1CO. The summed E-state index contributed by atoms with van der Waals surface area (Å²) in [6.45, 7) is 4.78. The maximum atomic E-state index is 12.0. The van der Waals surface area contributed by atoms with E-state index in [2.05, 4.69) is 4.72 Å². The molecule has 16 heavy (non-hydrogen) atoms. The Morgan fingerprint density at radius 3 is 2.69 bits per heavy atom. The molecule has 0 aliphatic carbocycles. The van der Waals surface area contributed by atoms with Gasteiger partial charge in [-0.2, -0.15) is 12.7 Å². The van der Waals surface area contributed by atoms with E-state index in [4.69, 9.17) is 5.11 Å². The number of hydrogen-bond acceptors (Lipinski definition) is 3. The topological polar surface area (TPSA) is 69.6 Å². The van der Waals surface area contributed by atoms with Gasteiger partial charge in [0, 0.05) is 19.1 Å². The third kappa shape index (κ3) is 3.69. The summed E-state index contributed by atoms with van der Waals surface area (Å²) < 4.78 is 27.9. The number of nitrogens with one attached hydrogen (secondary N) is 1. The van der Waals surface area contributed by atoms with Gasteiger partial charge in [-0.3, -0.25) is 0 Å². The predicted molar refractivity (Wildman–Crippen MR) is 63.2 cm³/mol.